The molecule has 0 spiro atoms. The number of aromatic nitrogens is 1. The van der Waals surface area contributed by atoms with E-state index in [1.54, 1.807) is 16.4 Å². The SMILES string of the molecule is COc1ccc(S(=O)(=O)N2CCC(c3ccc(-c4ccccc4)cc3)CC2)cn1. The highest BCUT2D eigenvalue weighted by atomic mass is 32.2. The van der Waals surface area contributed by atoms with E-state index in [0.29, 0.717) is 24.9 Å². The summed E-state index contributed by atoms with van der Waals surface area (Å²) >= 11 is 0. The van der Waals surface area contributed by atoms with Gasteiger partial charge >= 0.3 is 0 Å². The maximum atomic E-state index is 12.9. The Kier molecular flexibility index (Phi) is 5.65. The Balaban J connectivity index is 1.42. The first-order valence-corrected chi connectivity index (χ1v) is 11.2. The predicted octanol–water partition coefficient (Wildman–Crippen LogP) is 4.33. The van der Waals surface area contributed by atoms with Crippen LogP contribution in [0.1, 0.15) is 24.3 Å². The van der Waals surface area contributed by atoms with Crippen LogP contribution in [-0.2, 0) is 10.0 Å². The summed E-state index contributed by atoms with van der Waals surface area (Å²) in [6, 6.07) is 22.1. The third-order valence-electron chi connectivity index (χ3n) is 5.50. The molecule has 6 heteroatoms. The van der Waals surface area contributed by atoms with E-state index in [2.05, 4.69) is 41.4 Å². The molecule has 0 aliphatic carbocycles. The molecular formula is C23H24N2O3S. The van der Waals surface area contributed by atoms with Gasteiger partial charge in [0.05, 0.1) is 13.3 Å². The fourth-order valence-electron chi connectivity index (χ4n) is 3.80. The minimum absolute atomic E-state index is 0.212. The molecule has 0 N–H and O–H groups in total. The van der Waals surface area contributed by atoms with Crippen molar-refractivity contribution in [3.63, 3.8) is 0 Å². The van der Waals surface area contributed by atoms with Gasteiger partial charge in [-0.15, -0.1) is 0 Å². The van der Waals surface area contributed by atoms with Crippen LogP contribution in [0.2, 0.25) is 0 Å². The van der Waals surface area contributed by atoms with E-state index in [1.165, 1.54) is 30.0 Å². The normalized spacial score (nSPS) is 15.9. The molecule has 2 aromatic carbocycles. The van der Waals surface area contributed by atoms with Crippen molar-refractivity contribution in [1.82, 2.24) is 9.29 Å². The highest BCUT2D eigenvalue weighted by Crippen LogP contribution is 2.32. The third kappa shape index (κ3) is 4.18. The van der Waals surface area contributed by atoms with Crippen LogP contribution >= 0.6 is 0 Å². The summed E-state index contributed by atoms with van der Waals surface area (Å²) in [5.74, 6) is 0.780. The van der Waals surface area contributed by atoms with Crippen molar-refractivity contribution in [2.45, 2.75) is 23.7 Å². The van der Waals surface area contributed by atoms with Gasteiger partial charge in [-0.25, -0.2) is 13.4 Å². The lowest BCUT2D eigenvalue weighted by molar-refractivity contribution is 0.319. The average Bonchev–Trinajstić information content (AvgIpc) is 2.80. The van der Waals surface area contributed by atoms with E-state index >= 15 is 0 Å². The number of hydrogen-bond donors (Lipinski definition) is 0. The van der Waals surface area contributed by atoms with Crippen molar-refractivity contribution in [3.8, 4) is 17.0 Å². The molecule has 0 atom stereocenters. The molecule has 0 amide bonds. The number of pyridine rings is 1. The lowest BCUT2D eigenvalue weighted by atomic mass is 9.89. The van der Waals surface area contributed by atoms with Gasteiger partial charge in [0.15, 0.2) is 0 Å². The van der Waals surface area contributed by atoms with E-state index < -0.39 is 10.0 Å². The number of sulfonamides is 1. The predicted molar refractivity (Wildman–Crippen MR) is 113 cm³/mol. The maximum Gasteiger partial charge on any atom is 0.244 e. The van der Waals surface area contributed by atoms with Crippen LogP contribution < -0.4 is 4.74 Å². The Labute approximate surface area is 172 Å². The van der Waals surface area contributed by atoms with Gasteiger partial charge in [-0.05, 0) is 41.5 Å². The fourth-order valence-corrected chi connectivity index (χ4v) is 5.21. The largest absolute Gasteiger partial charge is 0.481 e. The summed E-state index contributed by atoms with van der Waals surface area (Å²) in [4.78, 5) is 4.24. The summed E-state index contributed by atoms with van der Waals surface area (Å²) in [7, 11) is -2.01. The standard InChI is InChI=1S/C23H24N2O3S/c1-28-23-12-11-22(17-24-23)29(26,27)25-15-13-21(14-16-25)20-9-7-19(8-10-20)18-5-3-2-4-6-18/h2-12,17,21H,13-16H2,1H3. The van der Waals surface area contributed by atoms with Gasteiger partial charge in [0, 0.05) is 19.2 Å². The molecule has 0 saturated carbocycles. The summed E-state index contributed by atoms with van der Waals surface area (Å²) in [6.07, 6.45) is 2.99. The number of ether oxygens (including phenoxy) is 1. The molecule has 0 unspecified atom stereocenters. The number of nitrogens with zero attached hydrogens (tertiary/aromatic N) is 2. The van der Waals surface area contributed by atoms with Gasteiger partial charge in [-0.2, -0.15) is 4.31 Å². The van der Waals surface area contributed by atoms with Gasteiger partial charge in [-0.1, -0.05) is 54.6 Å². The minimum Gasteiger partial charge on any atom is -0.481 e. The Morgan fingerprint density at radius 2 is 1.55 bits per heavy atom. The van der Waals surface area contributed by atoms with Gasteiger partial charge in [0.2, 0.25) is 15.9 Å². The van der Waals surface area contributed by atoms with Gasteiger partial charge in [-0.3, -0.25) is 0 Å². The number of piperidine rings is 1. The zero-order valence-corrected chi connectivity index (χ0v) is 17.2. The van der Waals surface area contributed by atoms with Crippen molar-refractivity contribution in [2.75, 3.05) is 20.2 Å². The molecule has 0 bridgehead atoms. The van der Waals surface area contributed by atoms with Gasteiger partial charge < -0.3 is 4.74 Å². The Morgan fingerprint density at radius 3 is 2.14 bits per heavy atom. The molecule has 150 valence electrons. The monoisotopic (exact) mass is 408 g/mol. The van der Waals surface area contributed by atoms with Crippen LogP contribution in [0.15, 0.2) is 77.8 Å². The molecule has 1 fully saturated rings. The van der Waals surface area contributed by atoms with E-state index in [9.17, 15) is 8.42 Å². The average molecular weight is 409 g/mol. The van der Waals surface area contributed by atoms with E-state index in [-0.39, 0.29) is 4.90 Å². The Bertz CT molecular complexity index is 1040. The highest BCUT2D eigenvalue weighted by molar-refractivity contribution is 7.89. The Morgan fingerprint density at radius 1 is 0.897 bits per heavy atom. The molecule has 1 aliphatic rings. The summed E-state index contributed by atoms with van der Waals surface area (Å²) in [5.41, 5.74) is 3.67. The molecule has 29 heavy (non-hydrogen) atoms. The molecule has 1 saturated heterocycles. The zero-order valence-electron chi connectivity index (χ0n) is 16.4. The van der Waals surface area contributed by atoms with Crippen molar-refractivity contribution in [3.05, 3.63) is 78.5 Å². The fraction of sp³-hybridized carbons (Fsp3) is 0.261. The summed E-state index contributed by atoms with van der Waals surface area (Å²) in [6.45, 7) is 1.03. The number of rotatable bonds is 5. The molecule has 1 aliphatic heterocycles. The van der Waals surface area contributed by atoms with Crippen molar-refractivity contribution < 1.29 is 13.2 Å². The topological polar surface area (TPSA) is 59.5 Å². The summed E-state index contributed by atoms with van der Waals surface area (Å²) < 4.78 is 32.3. The molecule has 0 radical (unpaired) electrons. The van der Waals surface area contributed by atoms with E-state index in [0.717, 1.165) is 12.8 Å². The third-order valence-corrected chi connectivity index (χ3v) is 7.38. The van der Waals surface area contributed by atoms with Crippen LogP contribution in [0.25, 0.3) is 11.1 Å². The molecular weight excluding hydrogens is 384 g/mol. The van der Waals surface area contributed by atoms with Crippen molar-refractivity contribution in [2.24, 2.45) is 0 Å². The molecule has 2 heterocycles. The van der Waals surface area contributed by atoms with Crippen LogP contribution in [0.4, 0.5) is 0 Å². The number of hydrogen-bond acceptors (Lipinski definition) is 4. The molecule has 1 aromatic heterocycles. The second kappa shape index (κ2) is 8.35. The second-order valence-electron chi connectivity index (χ2n) is 7.20. The van der Waals surface area contributed by atoms with Crippen LogP contribution in [0, 0.1) is 0 Å². The number of benzene rings is 2. The smallest absolute Gasteiger partial charge is 0.244 e. The van der Waals surface area contributed by atoms with Crippen molar-refractivity contribution >= 4 is 10.0 Å². The van der Waals surface area contributed by atoms with Gasteiger partial charge in [0.1, 0.15) is 4.90 Å². The van der Waals surface area contributed by atoms with Crippen molar-refractivity contribution in [1.29, 1.82) is 0 Å². The first kappa shape index (κ1) is 19.6. The number of methoxy groups -OCH3 is 1. The molecule has 5 nitrogen and oxygen atoms in total. The first-order valence-electron chi connectivity index (χ1n) is 9.73. The van der Waals surface area contributed by atoms with E-state index in [1.807, 2.05) is 18.2 Å². The summed E-state index contributed by atoms with van der Waals surface area (Å²) in [5, 5.41) is 0. The second-order valence-corrected chi connectivity index (χ2v) is 9.14. The molecule has 4 rings (SSSR count). The molecule has 3 aromatic rings. The zero-order chi connectivity index (χ0) is 20.3. The van der Waals surface area contributed by atoms with Crippen LogP contribution in [0.3, 0.4) is 0 Å². The van der Waals surface area contributed by atoms with Crippen LogP contribution in [0.5, 0.6) is 5.88 Å². The van der Waals surface area contributed by atoms with Gasteiger partial charge in [0.25, 0.3) is 0 Å². The quantitative estimate of drug-likeness (QED) is 0.631. The lowest BCUT2D eigenvalue weighted by Crippen LogP contribution is -2.37. The minimum atomic E-state index is -3.52. The maximum absolute atomic E-state index is 12.9. The van der Waals surface area contributed by atoms with Crippen LogP contribution in [-0.4, -0.2) is 37.9 Å². The first-order chi connectivity index (χ1) is 14.1. The highest BCUT2D eigenvalue weighted by Gasteiger charge is 2.30. The Hall–Kier alpha value is -2.70. The lowest BCUT2D eigenvalue weighted by Gasteiger charge is -2.31. The van der Waals surface area contributed by atoms with E-state index in [4.69, 9.17) is 4.74 Å².